The van der Waals surface area contributed by atoms with Crippen LogP contribution in [-0.4, -0.2) is 38.4 Å². The molecule has 2 aromatic rings. The number of nitrogens with zero attached hydrogens (tertiary/aromatic N) is 3. The molecule has 8 heteroatoms. The van der Waals surface area contributed by atoms with Crippen molar-refractivity contribution in [1.29, 1.82) is 0 Å². The van der Waals surface area contributed by atoms with Crippen molar-refractivity contribution in [3.8, 4) is 0 Å². The summed E-state index contributed by atoms with van der Waals surface area (Å²) >= 11 is 0. The van der Waals surface area contributed by atoms with Crippen molar-refractivity contribution in [3.05, 3.63) is 36.0 Å². The van der Waals surface area contributed by atoms with Crippen molar-refractivity contribution in [1.82, 2.24) is 14.9 Å². The van der Waals surface area contributed by atoms with E-state index in [1.54, 1.807) is 12.1 Å². The second-order valence-corrected chi connectivity index (χ2v) is 5.40. The lowest BCUT2D eigenvalue weighted by molar-refractivity contribution is 0.592. The van der Waals surface area contributed by atoms with Crippen LogP contribution in [0.2, 0.25) is 0 Å². The molecule has 0 aliphatic rings. The van der Waals surface area contributed by atoms with Crippen LogP contribution in [0.5, 0.6) is 0 Å². The second kappa shape index (κ2) is 4.37. The minimum absolute atomic E-state index is 0.122. The highest BCUT2D eigenvalue weighted by molar-refractivity contribution is 7.91. The fraction of sp³-hybridized carbons (Fsp3) is 0.111. The summed E-state index contributed by atoms with van der Waals surface area (Å²) in [5.74, 6) is 0. The summed E-state index contributed by atoms with van der Waals surface area (Å²) in [4.78, 5) is 0.187. The molecular formula is C9H8B2N3O2S. The van der Waals surface area contributed by atoms with Crippen LogP contribution in [0.4, 0.5) is 0 Å². The van der Waals surface area contributed by atoms with E-state index in [0.29, 0.717) is 0 Å². The number of benzene rings is 1. The van der Waals surface area contributed by atoms with Crippen molar-refractivity contribution in [2.45, 2.75) is 16.8 Å². The molecule has 0 amide bonds. The van der Waals surface area contributed by atoms with E-state index in [0.717, 1.165) is 17.5 Å². The molecule has 1 heterocycles. The number of hydrogen-bond donors (Lipinski definition) is 0. The number of aryl methyl sites for hydroxylation is 1. The summed E-state index contributed by atoms with van der Waals surface area (Å²) < 4.78 is 25.3. The molecule has 0 saturated heterocycles. The monoisotopic (exact) mass is 244 g/mol. The summed E-state index contributed by atoms with van der Waals surface area (Å²) in [7, 11) is 2.72. The van der Waals surface area contributed by atoms with Crippen molar-refractivity contribution in [2.24, 2.45) is 0 Å². The maximum Gasteiger partial charge on any atom is 0.227 e. The molecule has 1 aromatic carbocycles. The fourth-order valence-electron chi connectivity index (χ4n) is 1.29. The van der Waals surface area contributed by atoms with Crippen LogP contribution in [0, 0.1) is 6.92 Å². The zero-order valence-electron chi connectivity index (χ0n) is 9.11. The number of sulfone groups is 1. The van der Waals surface area contributed by atoms with Gasteiger partial charge in [-0.2, -0.15) is 0 Å². The smallest absolute Gasteiger partial charge is 0.227 e. The molecule has 0 spiro atoms. The lowest BCUT2D eigenvalue weighted by Gasteiger charge is -2.00. The third kappa shape index (κ3) is 2.26. The van der Waals surface area contributed by atoms with Gasteiger partial charge in [0.05, 0.1) is 4.90 Å². The second-order valence-electron chi connectivity index (χ2n) is 3.50. The summed E-state index contributed by atoms with van der Waals surface area (Å²) in [5, 5.41) is 7.00. The van der Waals surface area contributed by atoms with Crippen LogP contribution in [0.1, 0.15) is 5.56 Å². The SMILES string of the molecule is [B][B]n1cc(S(=O)(=O)c2ccc(C)cc2)nn1. The minimum Gasteiger partial charge on any atom is -0.313 e. The van der Waals surface area contributed by atoms with E-state index in [9.17, 15) is 8.42 Å². The number of rotatable bonds is 3. The summed E-state index contributed by atoms with van der Waals surface area (Å²) in [6.45, 7) is 1.88. The van der Waals surface area contributed by atoms with E-state index >= 15 is 0 Å². The number of hydrogen-bond acceptors (Lipinski definition) is 4. The van der Waals surface area contributed by atoms with Crippen LogP contribution in [0.15, 0.2) is 40.4 Å². The summed E-state index contributed by atoms with van der Waals surface area (Å²) in [5.41, 5.74) is 0.989. The first-order valence-electron chi connectivity index (χ1n) is 4.82. The average molecular weight is 244 g/mol. The zero-order chi connectivity index (χ0) is 12.5. The van der Waals surface area contributed by atoms with Crippen LogP contribution >= 0.6 is 0 Å². The summed E-state index contributed by atoms with van der Waals surface area (Å²) in [6, 6.07) is 6.53. The molecule has 0 atom stereocenters. The van der Waals surface area contributed by atoms with E-state index in [1.807, 2.05) is 6.92 Å². The largest absolute Gasteiger partial charge is 0.313 e. The maximum absolute atomic E-state index is 12.1. The average Bonchev–Trinajstić information content (AvgIpc) is 2.78. The van der Waals surface area contributed by atoms with Gasteiger partial charge in [-0.25, -0.2) is 8.42 Å². The molecule has 3 radical (unpaired) electrons. The predicted molar refractivity (Wildman–Crippen MR) is 63.6 cm³/mol. The Kier molecular flexibility index (Phi) is 3.06. The van der Waals surface area contributed by atoms with E-state index in [1.165, 1.54) is 18.3 Å². The van der Waals surface area contributed by atoms with Crippen molar-refractivity contribution in [3.63, 3.8) is 0 Å². The van der Waals surface area contributed by atoms with E-state index in [2.05, 4.69) is 10.3 Å². The Morgan fingerprint density at radius 2 is 1.94 bits per heavy atom. The topological polar surface area (TPSA) is 64.8 Å². The molecule has 0 unspecified atom stereocenters. The van der Waals surface area contributed by atoms with Gasteiger partial charge in [-0.1, -0.05) is 22.9 Å². The van der Waals surface area contributed by atoms with E-state index < -0.39 is 9.84 Å². The molecule has 0 saturated carbocycles. The Bertz CT molecular complexity index is 622. The first kappa shape index (κ1) is 11.9. The third-order valence-corrected chi connectivity index (χ3v) is 3.88. The Balaban J connectivity index is 2.46. The minimum atomic E-state index is -3.62. The molecule has 0 fully saturated rings. The van der Waals surface area contributed by atoms with Gasteiger partial charge >= 0.3 is 0 Å². The third-order valence-electron chi connectivity index (χ3n) is 2.25. The highest BCUT2D eigenvalue weighted by Crippen LogP contribution is 2.18. The van der Waals surface area contributed by atoms with Crippen molar-refractivity contribution < 1.29 is 8.42 Å². The molecule has 17 heavy (non-hydrogen) atoms. The van der Waals surface area contributed by atoms with Crippen molar-refractivity contribution >= 4 is 24.9 Å². The molecule has 0 aliphatic carbocycles. The zero-order valence-corrected chi connectivity index (χ0v) is 9.92. The van der Waals surface area contributed by atoms with Gasteiger partial charge < -0.3 is 4.59 Å². The maximum atomic E-state index is 12.1. The van der Waals surface area contributed by atoms with E-state index in [4.69, 9.17) is 7.74 Å². The van der Waals surface area contributed by atoms with E-state index in [-0.39, 0.29) is 9.92 Å². The first-order valence-corrected chi connectivity index (χ1v) is 6.31. The highest BCUT2D eigenvalue weighted by atomic mass is 32.2. The Hall–Kier alpha value is -1.56. The van der Waals surface area contributed by atoms with Gasteiger partial charge in [0.15, 0.2) is 0 Å². The predicted octanol–water partition coefficient (Wildman–Crippen LogP) is -0.0299. The molecule has 0 bridgehead atoms. The molecule has 0 aliphatic heterocycles. The quantitative estimate of drug-likeness (QED) is 0.711. The van der Waals surface area contributed by atoms with Crippen LogP contribution in [0.25, 0.3) is 0 Å². The molecule has 1 aromatic heterocycles. The Morgan fingerprint density at radius 1 is 1.29 bits per heavy atom. The first-order chi connectivity index (χ1) is 8.04. The Labute approximate surface area is 101 Å². The van der Waals surface area contributed by atoms with Crippen LogP contribution < -0.4 is 0 Å². The van der Waals surface area contributed by atoms with Gasteiger partial charge in [-0.15, -0.1) is 5.10 Å². The molecule has 5 nitrogen and oxygen atoms in total. The normalized spacial score (nSPS) is 11.4. The standard InChI is InChI=1S/C9H8B2N3O2S/c1-7-2-4-8(5-3-7)17(15,16)9-6-14(11-10)13-12-9/h2-6H,1H3. The van der Waals surface area contributed by atoms with Gasteiger partial charge in [0.1, 0.15) is 0 Å². The van der Waals surface area contributed by atoms with Gasteiger partial charge in [0.25, 0.3) is 0 Å². The van der Waals surface area contributed by atoms with Gasteiger partial charge in [-0.3, -0.25) is 0 Å². The van der Waals surface area contributed by atoms with Gasteiger partial charge in [0, 0.05) is 13.9 Å². The van der Waals surface area contributed by atoms with Gasteiger partial charge in [0.2, 0.25) is 22.2 Å². The fourth-order valence-corrected chi connectivity index (χ4v) is 2.42. The lowest BCUT2D eigenvalue weighted by Crippen LogP contribution is -2.06. The molecular weight excluding hydrogens is 236 g/mol. The van der Waals surface area contributed by atoms with Crippen LogP contribution in [-0.2, 0) is 9.84 Å². The molecule has 2 rings (SSSR count). The van der Waals surface area contributed by atoms with Gasteiger partial charge in [-0.05, 0) is 19.1 Å². The van der Waals surface area contributed by atoms with Crippen molar-refractivity contribution in [2.75, 3.05) is 0 Å². The summed E-state index contributed by atoms with van der Waals surface area (Å²) in [6.07, 6.45) is 1.26. The molecule has 83 valence electrons. The van der Waals surface area contributed by atoms with Crippen LogP contribution in [0.3, 0.4) is 0 Å². The molecule has 0 N–H and O–H groups in total. The number of aromatic nitrogens is 3. The highest BCUT2D eigenvalue weighted by Gasteiger charge is 2.20. The lowest BCUT2D eigenvalue weighted by atomic mass is 9.67. The Morgan fingerprint density at radius 3 is 2.47 bits per heavy atom.